The predicted octanol–water partition coefficient (Wildman–Crippen LogP) is 2.92. The van der Waals surface area contributed by atoms with Crippen molar-refractivity contribution >= 4 is 5.95 Å². The van der Waals surface area contributed by atoms with Crippen LogP contribution in [0.25, 0.3) is 0 Å². The molecule has 0 unspecified atom stereocenters. The summed E-state index contributed by atoms with van der Waals surface area (Å²) in [6.45, 7) is 7.75. The molecule has 2 aromatic rings. The zero-order valence-electron chi connectivity index (χ0n) is 14.7. The van der Waals surface area contributed by atoms with Gasteiger partial charge in [-0.25, -0.2) is 0 Å². The molecule has 1 fully saturated rings. The number of nitrogens with one attached hydrogen (secondary N) is 1. The molecule has 1 saturated heterocycles. The van der Waals surface area contributed by atoms with Gasteiger partial charge in [-0.2, -0.15) is 0 Å². The number of anilines is 1. The summed E-state index contributed by atoms with van der Waals surface area (Å²) in [5.41, 5.74) is 1.48. The van der Waals surface area contributed by atoms with Crippen LogP contribution >= 0.6 is 0 Å². The van der Waals surface area contributed by atoms with E-state index >= 15 is 0 Å². The first kappa shape index (κ1) is 16.7. The lowest BCUT2D eigenvalue weighted by Crippen LogP contribution is -2.38. The second-order valence-electron chi connectivity index (χ2n) is 7.70. The summed E-state index contributed by atoms with van der Waals surface area (Å²) in [7, 11) is 0. The van der Waals surface area contributed by atoms with E-state index in [2.05, 4.69) is 50.4 Å². The van der Waals surface area contributed by atoms with E-state index in [1.54, 1.807) is 0 Å². The molecule has 24 heavy (non-hydrogen) atoms. The molecule has 0 atom stereocenters. The second-order valence-corrected chi connectivity index (χ2v) is 7.70. The van der Waals surface area contributed by atoms with Crippen molar-refractivity contribution in [2.75, 3.05) is 18.0 Å². The average Bonchev–Trinajstić information content (AvgIpc) is 2.55. The van der Waals surface area contributed by atoms with Gasteiger partial charge < -0.3 is 4.90 Å². The summed E-state index contributed by atoms with van der Waals surface area (Å²) in [4.78, 5) is 17.3. The molecule has 1 aliphatic heterocycles. The van der Waals surface area contributed by atoms with Gasteiger partial charge in [0.05, 0.1) is 0 Å². The van der Waals surface area contributed by atoms with E-state index in [0.29, 0.717) is 17.6 Å². The predicted molar refractivity (Wildman–Crippen MR) is 96.4 cm³/mol. The van der Waals surface area contributed by atoms with Crippen LogP contribution < -0.4 is 10.5 Å². The Morgan fingerprint density at radius 1 is 1.12 bits per heavy atom. The minimum Gasteiger partial charge on any atom is -0.341 e. The zero-order chi connectivity index (χ0) is 17.2. The van der Waals surface area contributed by atoms with Gasteiger partial charge in [-0.3, -0.25) is 9.78 Å². The Kier molecular flexibility index (Phi) is 4.69. The standard InChI is InChI=1S/C19H26N4O/c1-19(2,3)16-17(24)20-18(22-21-16)23-11-9-15(10-12-23)13-14-7-5-4-6-8-14/h4-8,15H,9-13H2,1-3H3,(H,20,22,24). The van der Waals surface area contributed by atoms with Gasteiger partial charge in [0.1, 0.15) is 5.69 Å². The van der Waals surface area contributed by atoms with Crippen LogP contribution in [0.1, 0.15) is 44.9 Å². The van der Waals surface area contributed by atoms with Crippen molar-refractivity contribution in [3.63, 3.8) is 0 Å². The number of rotatable bonds is 3. The first-order chi connectivity index (χ1) is 11.4. The van der Waals surface area contributed by atoms with Crippen LogP contribution in [-0.2, 0) is 11.8 Å². The lowest BCUT2D eigenvalue weighted by Gasteiger charge is -2.32. The zero-order valence-corrected chi connectivity index (χ0v) is 14.7. The van der Waals surface area contributed by atoms with Crippen molar-refractivity contribution in [2.24, 2.45) is 5.92 Å². The minimum atomic E-state index is -0.290. The fraction of sp³-hybridized carbons (Fsp3) is 0.526. The normalized spacial score (nSPS) is 16.4. The molecule has 0 amide bonds. The second kappa shape index (κ2) is 6.75. The van der Waals surface area contributed by atoms with E-state index in [-0.39, 0.29) is 11.0 Å². The molecule has 2 heterocycles. The minimum absolute atomic E-state index is 0.126. The average molecular weight is 326 g/mol. The lowest BCUT2D eigenvalue weighted by atomic mass is 9.90. The Morgan fingerprint density at radius 3 is 2.38 bits per heavy atom. The van der Waals surface area contributed by atoms with E-state index in [4.69, 9.17) is 0 Å². The summed E-state index contributed by atoms with van der Waals surface area (Å²) in [6.07, 6.45) is 3.35. The smallest absolute Gasteiger partial charge is 0.274 e. The number of H-pyrrole nitrogens is 1. The van der Waals surface area contributed by atoms with Gasteiger partial charge in [0.15, 0.2) is 0 Å². The third-order valence-electron chi connectivity index (χ3n) is 4.68. The van der Waals surface area contributed by atoms with Gasteiger partial charge in [-0.05, 0) is 30.7 Å². The molecule has 1 aromatic heterocycles. The third-order valence-corrected chi connectivity index (χ3v) is 4.68. The maximum Gasteiger partial charge on any atom is 0.274 e. The highest BCUT2D eigenvalue weighted by Gasteiger charge is 2.24. The number of piperidine rings is 1. The number of hydrogen-bond donors (Lipinski definition) is 1. The van der Waals surface area contributed by atoms with Gasteiger partial charge in [0, 0.05) is 18.5 Å². The van der Waals surface area contributed by atoms with Crippen LogP contribution in [0.2, 0.25) is 0 Å². The fourth-order valence-electron chi connectivity index (χ4n) is 3.26. The molecule has 0 aliphatic carbocycles. The number of benzene rings is 1. The largest absolute Gasteiger partial charge is 0.341 e. The fourth-order valence-corrected chi connectivity index (χ4v) is 3.26. The van der Waals surface area contributed by atoms with Crippen molar-refractivity contribution in [3.05, 3.63) is 51.9 Å². The molecule has 0 radical (unpaired) electrons. The molecule has 1 N–H and O–H groups in total. The first-order valence-corrected chi connectivity index (χ1v) is 8.70. The lowest BCUT2D eigenvalue weighted by molar-refractivity contribution is 0.399. The highest BCUT2D eigenvalue weighted by molar-refractivity contribution is 5.29. The summed E-state index contributed by atoms with van der Waals surface area (Å²) < 4.78 is 0. The molecule has 3 rings (SSSR count). The SMILES string of the molecule is CC(C)(C)c1nnc(N2CCC(Cc3ccccc3)CC2)[nH]c1=O. The maximum atomic E-state index is 12.3. The number of hydrogen-bond acceptors (Lipinski definition) is 4. The Labute approximate surface area is 143 Å². The van der Waals surface area contributed by atoms with E-state index in [0.717, 1.165) is 32.4 Å². The van der Waals surface area contributed by atoms with E-state index in [1.807, 2.05) is 20.8 Å². The highest BCUT2D eigenvalue weighted by atomic mass is 16.1. The number of aromatic nitrogens is 3. The van der Waals surface area contributed by atoms with E-state index in [9.17, 15) is 4.79 Å². The Balaban J connectivity index is 1.63. The van der Waals surface area contributed by atoms with Gasteiger partial charge in [-0.15, -0.1) is 10.2 Å². The van der Waals surface area contributed by atoms with Gasteiger partial charge >= 0.3 is 0 Å². The monoisotopic (exact) mass is 326 g/mol. The Hall–Kier alpha value is -2.17. The molecule has 0 saturated carbocycles. The third kappa shape index (κ3) is 3.83. The van der Waals surface area contributed by atoms with Crippen LogP contribution in [0.3, 0.4) is 0 Å². The van der Waals surface area contributed by atoms with Crippen molar-refractivity contribution in [1.82, 2.24) is 15.2 Å². The molecule has 1 aliphatic rings. The van der Waals surface area contributed by atoms with Crippen LogP contribution in [0.4, 0.5) is 5.95 Å². The molecule has 0 bridgehead atoms. The van der Waals surface area contributed by atoms with Gasteiger partial charge in [-0.1, -0.05) is 51.1 Å². The summed E-state index contributed by atoms with van der Waals surface area (Å²) in [6, 6.07) is 10.6. The van der Waals surface area contributed by atoms with Gasteiger partial charge in [0.25, 0.3) is 5.56 Å². The van der Waals surface area contributed by atoms with Crippen molar-refractivity contribution in [2.45, 2.75) is 45.4 Å². The van der Waals surface area contributed by atoms with E-state index in [1.165, 1.54) is 5.56 Å². The number of nitrogens with zero attached hydrogens (tertiary/aromatic N) is 3. The Morgan fingerprint density at radius 2 is 1.79 bits per heavy atom. The van der Waals surface area contributed by atoms with Crippen molar-refractivity contribution in [1.29, 1.82) is 0 Å². The number of aromatic amines is 1. The molecular formula is C19H26N4O. The summed E-state index contributed by atoms with van der Waals surface area (Å²) in [5.74, 6) is 1.29. The topological polar surface area (TPSA) is 61.9 Å². The molecule has 5 heteroatoms. The Bertz CT molecular complexity index is 725. The van der Waals surface area contributed by atoms with Crippen molar-refractivity contribution in [3.8, 4) is 0 Å². The van der Waals surface area contributed by atoms with E-state index < -0.39 is 0 Å². The van der Waals surface area contributed by atoms with Crippen LogP contribution in [0.15, 0.2) is 35.1 Å². The first-order valence-electron chi connectivity index (χ1n) is 8.70. The molecule has 1 aromatic carbocycles. The maximum absolute atomic E-state index is 12.3. The van der Waals surface area contributed by atoms with Crippen molar-refractivity contribution < 1.29 is 0 Å². The van der Waals surface area contributed by atoms with Crippen LogP contribution in [-0.4, -0.2) is 28.3 Å². The quantitative estimate of drug-likeness (QED) is 0.942. The molecule has 0 spiro atoms. The van der Waals surface area contributed by atoms with Crippen LogP contribution in [0.5, 0.6) is 0 Å². The summed E-state index contributed by atoms with van der Waals surface area (Å²) >= 11 is 0. The molecule has 128 valence electrons. The van der Waals surface area contributed by atoms with Gasteiger partial charge in [0.2, 0.25) is 5.95 Å². The summed E-state index contributed by atoms with van der Waals surface area (Å²) in [5, 5.41) is 8.44. The van der Waals surface area contributed by atoms with Crippen LogP contribution in [0, 0.1) is 5.92 Å². The molecule has 5 nitrogen and oxygen atoms in total. The molecular weight excluding hydrogens is 300 g/mol. The highest BCUT2D eigenvalue weighted by Crippen LogP contribution is 2.23.